The van der Waals surface area contributed by atoms with E-state index in [-0.39, 0.29) is 17.3 Å². The third kappa shape index (κ3) is 2.22. The minimum atomic E-state index is -1.06. The van der Waals surface area contributed by atoms with Crippen molar-refractivity contribution in [1.29, 1.82) is 0 Å². The Morgan fingerprint density at radius 1 is 1.47 bits per heavy atom. The quantitative estimate of drug-likeness (QED) is 0.852. The highest BCUT2D eigenvalue weighted by atomic mass is 16.5. The first kappa shape index (κ1) is 11.1. The lowest BCUT2D eigenvalue weighted by Gasteiger charge is -2.07. The van der Waals surface area contributed by atoms with Crippen molar-refractivity contribution < 1.29 is 14.6 Å². The molecule has 0 aliphatic rings. The van der Waals surface area contributed by atoms with Crippen LogP contribution >= 0.6 is 0 Å². The van der Waals surface area contributed by atoms with Gasteiger partial charge in [-0.25, -0.2) is 4.79 Å². The first-order valence-corrected chi connectivity index (χ1v) is 4.82. The van der Waals surface area contributed by atoms with Crippen LogP contribution in [-0.4, -0.2) is 31.3 Å². The maximum atomic E-state index is 11.0. The van der Waals surface area contributed by atoms with Crippen molar-refractivity contribution in [3.05, 3.63) is 29.3 Å². The summed E-state index contributed by atoms with van der Waals surface area (Å²) in [6.07, 6.45) is 0. The summed E-state index contributed by atoms with van der Waals surface area (Å²) in [4.78, 5) is 11.0. The van der Waals surface area contributed by atoms with Gasteiger partial charge in [-0.15, -0.1) is 0 Å². The van der Waals surface area contributed by atoms with E-state index >= 15 is 0 Å². The van der Waals surface area contributed by atoms with Crippen LogP contribution in [-0.2, 0) is 7.05 Å². The van der Waals surface area contributed by atoms with Crippen LogP contribution in [0.3, 0.4) is 0 Å². The van der Waals surface area contributed by atoms with Gasteiger partial charge < -0.3 is 9.84 Å². The highest BCUT2D eigenvalue weighted by molar-refractivity contribution is 5.91. The molecular weight excluding hydrogens is 224 g/mol. The second kappa shape index (κ2) is 4.20. The fourth-order valence-corrected chi connectivity index (χ4v) is 1.30. The number of carboxylic acid groups (broad SMARTS) is 1. The number of aryl methyl sites for hydroxylation is 2. The smallest absolute Gasteiger partial charge is 0.340 e. The van der Waals surface area contributed by atoms with Gasteiger partial charge in [0.05, 0.1) is 0 Å². The summed E-state index contributed by atoms with van der Waals surface area (Å²) in [5, 5.41) is 19.6. The molecule has 0 unspecified atom stereocenters. The molecule has 0 spiro atoms. The first-order valence-electron chi connectivity index (χ1n) is 4.82. The van der Waals surface area contributed by atoms with Crippen molar-refractivity contribution in [1.82, 2.24) is 20.2 Å². The summed E-state index contributed by atoms with van der Waals surface area (Å²) < 4.78 is 6.68. The first-order chi connectivity index (χ1) is 8.08. The van der Waals surface area contributed by atoms with E-state index in [2.05, 4.69) is 15.5 Å². The molecule has 0 amide bonds. The molecule has 2 aromatic rings. The number of carbonyl (C=O) groups is 1. The van der Waals surface area contributed by atoms with Gasteiger partial charge in [0.1, 0.15) is 11.3 Å². The second-order valence-corrected chi connectivity index (χ2v) is 3.49. The Bertz CT molecular complexity index is 564. The number of hydrogen-bond acceptors (Lipinski definition) is 5. The standard InChI is InChI=1S/C10H10N4O3/c1-6-3-4-7(9(15)16)8(5-6)17-10-11-12-13-14(10)2/h3-5H,1-2H3,(H,15,16). The lowest BCUT2D eigenvalue weighted by Crippen LogP contribution is -2.03. The predicted octanol–water partition coefficient (Wildman–Crippen LogP) is 1.01. The van der Waals surface area contributed by atoms with Crippen LogP contribution in [0.15, 0.2) is 18.2 Å². The summed E-state index contributed by atoms with van der Waals surface area (Å²) in [7, 11) is 1.60. The molecule has 0 fully saturated rings. The molecule has 2 rings (SSSR count). The molecule has 0 aliphatic carbocycles. The number of nitrogens with zero attached hydrogens (tertiary/aromatic N) is 4. The van der Waals surface area contributed by atoms with E-state index in [1.807, 2.05) is 6.92 Å². The van der Waals surface area contributed by atoms with Crippen molar-refractivity contribution >= 4 is 5.97 Å². The fourth-order valence-electron chi connectivity index (χ4n) is 1.30. The summed E-state index contributed by atoms with van der Waals surface area (Å²) in [5.41, 5.74) is 0.957. The van der Waals surface area contributed by atoms with Crippen molar-refractivity contribution in [2.75, 3.05) is 0 Å². The van der Waals surface area contributed by atoms with Gasteiger partial charge in [-0.3, -0.25) is 0 Å². The van der Waals surface area contributed by atoms with E-state index in [0.717, 1.165) is 5.56 Å². The van der Waals surface area contributed by atoms with Gasteiger partial charge in [0.2, 0.25) is 0 Å². The zero-order valence-electron chi connectivity index (χ0n) is 9.28. The molecular formula is C10H10N4O3. The Kier molecular flexibility index (Phi) is 2.73. The Labute approximate surface area is 96.6 Å². The van der Waals surface area contributed by atoms with Gasteiger partial charge in [0.25, 0.3) is 0 Å². The minimum absolute atomic E-state index is 0.0681. The topological polar surface area (TPSA) is 90.1 Å². The van der Waals surface area contributed by atoms with Crippen LogP contribution in [0.25, 0.3) is 0 Å². The number of tetrazole rings is 1. The number of ether oxygens (including phenoxy) is 1. The molecule has 0 saturated carbocycles. The Hall–Kier alpha value is -2.44. The van der Waals surface area contributed by atoms with Gasteiger partial charge >= 0.3 is 12.0 Å². The van der Waals surface area contributed by atoms with Crippen LogP contribution in [0.4, 0.5) is 0 Å². The molecule has 0 radical (unpaired) electrons. The van der Waals surface area contributed by atoms with Gasteiger partial charge in [0, 0.05) is 7.05 Å². The fraction of sp³-hybridized carbons (Fsp3) is 0.200. The monoisotopic (exact) mass is 234 g/mol. The van der Waals surface area contributed by atoms with Crippen LogP contribution in [0, 0.1) is 6.92 Å². The normalized spacial score (nSPS) is 10.2. The maximum absolute atomic E-state index is 11.0. The summed E-state index contributed by atoms with van der Waals surface area (Å²) in [6.45, 7) is 1.84. The molecule has 1 heterocycles. The summed E-state index contributed by atoms with van der Waals surface area (Å²) in [6, 6.07) is 4.94. The van der Waals surface area contributed by atoms with Gasteiger partial charge in [-0.1, -0.05) is 11.2 Å². The van der Waals surface area contributed by atoms with E-state index in [9.17, 15) is 4.79 Å². The zero-order chi connectivity index (χ0) is 12.4. The SMILES string of the molecule is Cc1ccc(C(=O)O)c(Oc2nnnn2C)c1. The number of aromatic carboxylic acids is 1. The maximum Gasteiger partial charge on any atom is 0.340 e. The van der Waals surface area contributed by atoms with Crippen molar-refractivity contribution in [3.8, 4) is 11.8 Å². The third-order valence-corrected chi connectivity index (χ3v) is 2.15. The number of aromatic nitrogens is 4. The van der Waals surface area contributed by atoms with Crippen LogP contribution in [0.1, 0.15) is 15.9 Å². The van der Waals surface area contributed by atoms with E-state index in [1.165, 1.54) is 10.7 Å². The molecule has 1 N–H and O–H groups in total. The average molecular weight is 234 g/mol. The van der Waals surface area contributed by atoms with Crippen LogP contribution < -0.4 is 4.74 Å². The third-order valence-electron chi connectivity index (χ3n) is 2.15. The van der Waals surface area contributed by atoms with Crippen LogP contribution in [0.5, 0.6) is 11.8 Å². The number of carboxylic acids is 1. The minimum Gasteiger partial charge on any atom is -0.478 e. The molecule has 17 heavy (non-hydrogen) atoms. The summed E-state index contributed by atoms with van der Waals surface area (Å²) >= 11 is 0. The lowest BCUT2D eigenvalue weighted by atomic mass is 10.1. The van der Waals surface area contributed by atoms with Crippen molar-refractivity contribution in [2.24, 2.45) is 7.05 Å². The highest BCUT2D eigenvalue weighted by Crippen LogP contribution is 2.24. The average Bonchev–Trinajstić information content (AvgIpc) is 2.64. The molecule has 0 bridgehead atoms. The number of rotatable bonds is 3. The Morgan fingerprint density at radius 2 is 2.24 bits per heavy atom. The molecule has 0 atom stereocenters. The molecule has 88 valence electrons. The highest BCUT2D eigenvalue weighted by Gasteiger charge is 2.14. The van der Waals surface area contributed by atoms with E-state index in [0.29, 0.717) is 0 Å². The number of hydrogen-bond donors (Lipinski definition) is 1. The molecule has 7 nitrogen and oxygen atoms in total. The molecule has 0 aliphatic heterocycles. The Morgan fingerprint density at radius 3 is 2.82 bits per heavy atom. The van der Waals surface area contributed by atoms with E-state index in [1.54, 1.807) is 19.2 Å². The second-order valence-electron chi connectivity index (χ2n) is 3.49. The molecule has 1 aromatic carbocycles. The van der Waals surface area contributed by atoms with E-state index < -0.39 is 5.97 Å². The van der Waals surface area contributed by atoms with Gasteiger partial charge in [-0.05, 0) is 35.0 Å². The Balaban J connectivity index is 2.41. The lowest BCUT2D eigenvalue weighted by molar-refractivity contribution is 0.0694. The van der Waals surface area contributed by atoms with E-state index in [4.69, 9.17) is 9.84 Å². The van der Waals surface area contributed by atoms with Crippen LogP contribution in [0.2, 0.25) is 0 Å². The molecule has 0 saturated heterocycles. The zero-order valence-corrected chi connectivity index (χ0v) is 9.28. The largest absolute Gasteiger partial charge is 0.478 e. The van der Waals surface area contributed by atoms with Crippen molar-refractivity contribution in [2.45, 2.75) is 6.92 Å². The van der Waals surface area contributed by atoms with Crippen molar-refractivity contribution in [3.63, 3.8) is 0 Å². The predicted molar refractivity (Wildman–Crippen MR) is 57.0 cm³/mol. The molecule has 7 heteroatoms. The molecule has 1 aromatic heterocycles. The number of benzene rings is 1. The summed E-state index contributed by atoms with van der Waals surface area (Å²) in [5.74, 6) is -0.842. The van der Waals surface area contributed by atoms with Gasteiger partial charge in [-0.2, -0.15) is 4.68 Å². The van der Waals surface area contributed by atoms with Gasteiger partial charge in [0.15, 0.2) is 0 Å².